The SMILES string of the molecule is CC(=O)OCSc1ccc(-c2nc3ccccn3c2-c2ccncc2)cc1. The summed E-state index contributed by atoms with van der Waals surface area (Å²) >= 11 is 1.48. The van der Waals surface area contributed by atoms with Gasteiger partial charge in [0.15, 0.2) is 0 Å². The molecule has 0 aliphatic rings. The van der Waals surface area contributed by atoms with Gasteiger partial charge < -0.3 is 4.74 Å². The van der Waals surface area contributed by atoms with Gasteiger partial charge in [0.2, 0.25) is 0 Å². The number of imidazole rings is 1. The number of benzene rings is 1. The van der Waals surface area contributed by atoms with Gasteiger partial charge in [-0.1, -0.05) is 30.0 Å². The van der Waals surface area contributed by atoms with Gasteiger partial charge in [0.1, 0.15) is 11.6 Å². The number of aromatic nitrogens is 3. The van der Waals surface area contributed by atoms with Gasteiger partial charge >= 0.3 is 5.97 Å². The van der Waals surface area contributed by atoms with Crippen molar-refractivity contribution >= 4 is 23.4 Å². The molecular weight excluding hydrogens is 358 g/mol. The molecule has 3 aromatic heterocycles. The molecule has 0 fully saturated rings. The first-order valence-corrected chi connectivity index (χ1v) is 9.45. The Morgan fingerprint density at radius 3 is 2.56 bits per heavy atom. The number of hydrogen-bond donors (Lipinski definition) is 0. The minimum atomic E-state index is -0.272. The van der Waals surface area contributed by atoms with E-state index in [1.807, 2.05) is 60.8 Å². The fourth-order valence-corrected chi connectivity index (χ4v) is 3.56. The van der Waals surface area contributed by atoms with Gasteiger partial charge in [-0.05, 0) is 36.4 Å². The van der Waals surface area contributed by atoms with Gasteiger partial charge in [0.25, 0.3) is 0 Å². The van der Waals surface area contributed by atoms with Gasteiger partial charge in [0, 0.05) is 41.5 Å². The van der Waals surface area contributed by atoms with E-state index < -0.39 is 0 Å². The second-order valence-electron chi connectivity index (χ2n) is 5.90. The van der Waals surface area contributed by atoms with Crippen LogP contribution in [-0.4, -0.2) is 26.3 Å². The first kappa shape index (κ1) is 17.3. The quantitative estimate of drug-likeness (QED) is 0.288. The number of carbonyl (C=O) groups excluding carboxylic acids is 1. The van der Waals surface area contributed by atoms with Crippen molar-refractivity contribution in [2.75, 3.05) is 5.94 Å². The van der Waals surface area contributed by atoms with Crippen molar-refractivity contribution in [1.82, 2.24) is 14.4 Å². The van der Waals surface area contributed by atoms with E-state index in [9.17, 15) is 4.79 Å². The first-order valence-electron chi connectivity index (χ1n) is 8.46. The van der Waals surface area contributed by atoms with Crippen molar-refractivity contribution in [2.24, 2.45) is 0 Å². The average molecular weight is 375 g/mol. The lowest BCUT2D eigenvalue weighted by Gasteiger charge is -2.07. The van der Waals surface area contributed by atoms with Crippen molar-refractivity contribution < 1.29 is 9.53 Å². The summed E-state index contributed by atoms with van der Waals surface area (Å²) in [5.41, 5.74) is 4.94. The highest BCUT2D eigenvalue weighted by Crippen LogP contribution is 2.33. The molecule has 5 nitrogen and oxygen atoms in total. The Bertz CT molecular complexity index is 1080. The largest absolute Gasteiger partial charge is 0.454 e. The molecule has 0 N–H and O–H groups in total. The molecule has 0 unspecified atom stereocenters. The standard InChI is InChI=1S/C21H17N3O2S/c1-15(25)26-14-27-18-7-5-16(6-8-18)20-21(17-9-11-22-12-10-17)24-13-3-2-4-19(24)23-20/h2-13H,14H2,1H3. The zero-order valence-corrected chi connectivity index (χ0v) is 15.5. The van der Waals surface area contributed by atoms with Crippen LogP contribution in [-0.2, 0) is 9.53 Å². The van der Waals surface area contributed by atoms with Crippen molar-refractivity contribution in [3.63, 3.8) is 0 Å². The van der Waals surface area contributed by atoms with Gasteiger partial charge in [-0.2, -0.15) is 0 Å². The smallest absolute Gasteiger partial charge is 0.303 e. The van der Waals surface area contributed by atoms with Crippen LogP contribution in [0.2, 0.25) is 0 Å². The number of pyridine rings is 2. The molecular formula is C21H17N3O2S. The third-order valence-electron chi connectivity index (χ3n) is 4.10. The van der Waals surface area contributed by atoms with Crippen molar-refractivity contribution in [1.29, 1.82) is 0 Å². The maximum atomic E-state index is 10.9. The van der Waals surface area contributed by atoms with Gasteiger partial charge in [-0.3, -0.25) is 14.2 Å². The molecule has 0 amide bonds. The molecule has 3 heterocycles. The molecule has 0 atom stereocenters. The number of nitrogens with zero attached hydrogens (tertiary/aromatic N) is 3. The molecule has 6 heteroatoms. The summed E-state index contributed by atoms with van der Waals surface area (Å²) in [6.07, 6.45) is 5.59. The topological polar surface area (TPSA) is 56.5 Å². The van der Waals surface area contributed by atoms with Crippen LogP contribution in [0.5, 0.6) is 0 Å². The molecule has 134 valence electrons. The fraction of sp³-hybridized carbons (Fsp3) is 0.0952. The fourth-order valence-electron chi connectivity index (χ4n) is 2.87. The Balaban J connectivity index is 1.72. The number of hydrogen-bond acceptors (Lipinski definition) is 5. The van der Waals surface area contributed by atoms with Crippen LogP contribution in [0.15, 0.2) is 78.1 Å². The zero-order valence-electron chi connectivity index (χ0n) is 14.7. The lowest BCUT2D eigenvalue weighted by atomic mass is 10.1. The molecule has 0 saturated carbocycles. The summed E-state index contributed by atoms with van der Waals surface area (Å²) in [7, 11) is 0. The summed E-state index contributed by atoms with van der Waals surface area (Å²) in [6.45, 7) is 1.41. The summed E-state index contributed by atoms with van der Waals surface area (Å²) in [5.74, 6) is 0.0384. The molecule has 0 bridgehead atoms. The molecule has 0 radical (unpaired) electrons. The van der Waals surface area contributed by atoms with Gasteiger partial charge in [-0.15, -0.1) is 0 Å². The van der Waals surface area contributed by atoms with Crippen LogP contribution in [0.1, 0.15) is 6.92 Å². The Kier molecular flexibility index (Phi) is 4.89. The van der Waals surface area contributed by atoms with E-state index in [0.29, 0.717) is 5.94 Å². The molecule has 0 spiro atoms. The van der Waals surface area contributed by atoms with Crippen LogP contribution in [0.4, 0.5) is 0 Å². The molecule has 4 aromatic rings. The summed E-state index contributed by atoms with van der Waals surface area (Å²) in [4.78, 5) is 20.9. The Morgan fingerprint density at radius 2 is 1.81 bits per heavy atom. The molecule has 0 aliphatic heterocycles. The summed E-state index contributed by atoms with van der Waals surface area (Å²) < 4.78 is 7.07. The van der Waals surface area contributed by atoms with E-state index >= 15 is 0 Å². The zero-order chi connectivity index (χ0) is 18.6. The minimum absolute atomic E-state index is 0.272. The minimum Gasteiger partial charge on any atom is -0.454 e. The van der Waals surface area contributed by atoms with E-state index in [1.54, 1.807) is 12.4 Å². The van der Waals surface area contributed by atoms with E-state index in [1.165, 1.54) is 18.7 Å². The van der Waals surface area contributed by atoms with Gasteiger partial charge in [-0.25, -0.2) is 4.98 Å². The Labute approximate surface area is 161 Å². The molecule has 1 aromatic carbocycles. The van der Waals surface area contributed by atoms with Gasteiger partial charge in [0.05, 0.1) is 11.4 Å². The van der Waals surface area contributed by atoms with Crippen molar-refractivity contribution in [2.45, 2.75) is 11.8 Å². The van der Waals surface area contributed by atoms with E-state index in [2.05, 4.69) is 9.38 Å². The lowest BCUT2D eigenvalue weighted by Crippen LogP contribution is -1.96. The number of fused-ring (bicyclic) bond motifs is 1. The Hall–Kier alpha value is -3.12. The molecule has 0 aliphatic carbocycles. The van der Waals surface area contributed by atoms with Crippen molar-refractivity contribution in [3.8, 4) is 22.5 Å². The number of ether oxygens (including phenoxy) is 1. The second-order valence-corrected chi connectivity index (χ2v) is 6.89. The second kappa shape index (κ2) is 7.63. The van der Waals surface area contributed by atoms with E-state index in [0.717, 1.165) is 33.1 Å². The van der Waals surface area contributed by atoms with Crippen LogP contribution in [0, 0.1) is 0 Å². The van der Waals surface area contributed by atoms with Crippen LogP contribution >= 0.6 is 11.8 Å². The van der Waals surface area contributed by atoms with Crippen LogP contribution < -0.4 is 0 Å². The molecule has 27 heavy (non-hydrogen) atoms. The average Bonchev–Trinajstić information content (AvgIpc) is 3.08. The summed E-state index contributed by atoms with van der Waals surface area (Å²) in [5, 5.41) is 0. The normalized spacial score (nSPS) is 10.9. The predicted molar refractivity (Wildman–Crippen MR) is 106 cm³/mol. The highest BCUT2D eigenvalue weighted by atomic mass is 32.2. The highest BCUT2D eigenvalue weighted by Gasteiger charge is 2.15. The maximum absolute atomic E-state index is 10.9. The summed E-state index contributed by atoms with van der Waals surface area (Å²) in [6, 6.07) is 18.1. The number of thioether (sulfide) groups is 1. The first-order chi connectivity index (χ1) is 13.2. The Morgan fingerprint density at radius 1 is 1.04 bits per heavy atom. The maximum Gasteiger partial charge on any atom is 0.303 e. The number of rotatable bonds is 5. The molecule has 0 saturated heterocycles. The van der Waals surface area contributed by atoms with Crippen molar-refractivity contribution in [3.05, 3.63) is 73.2 Å². The van der Waals surface area contributed by atoms with Crippen LogP contribution in [0.25, 0.3) is 28.2 Å². The number of carbonyl (C=O) groups is 1. The predicted octanol–water partition coefficient (Wildman–Crippen LogP) is 4.68. The van der Waals surface area contributed by atoms with E-state index in [-0.39, 0.29) is 5.97 Å². The van der Waals surface area contributed by atoms with E-state index in [4.69, 9.17) is 9.72 Å². The van der Waals surface area contributed by atoms with Crippen LogP contribution in [0.3, 0.4) is 0 Å². The number of esters is 1. The highest BCUT2D eigenvalue weighted by molar-refractivity contribution is 7.99. The lowest BCUT2D eigenvalue weighted by molar-refractivity contribution is -0.138. The third-order valence-corrected chi connectivity index (χ3v) is 4.94. The monoisotopic (exact) mass is 375 g/mol. The third kappa shape index (κ3) is 3.71. The molecule has 4 rings (SSSR count).